The van der Waals surface area contributed by atoms with E-state index in [-0.39, 0.29) is 18.0 Å². The van der Waals surface area contributed by atoms with Crippen LogP contribution < -0.4 is 10.6 Å². The molecule has 0 aromatic heterocycles. The van der Waals surface area contributed by atoms with Crippen LogP contribution in [0.1, 0.15) is 32.3 Å². The van der Waals surface area contributed by atoms with E-state index >= 15 is 0 Å². The SMILES string of the molecule is CC(C)CNC(=O)C1CCCN1C(=O)NCc1ccccc1. The van der Waals surface area contributed by atoms with Gasteiger partial charge in [-0.05, 0) is 24.3 Å². The number of nitrogens with one attached hydrogen (secondary N) is 2. The molecule has 22 heavy (non-hydrogen) atoms. The molecule has 1 aromatic carbocycles. The van der Waals surface area contributed by atoms with Crippen molar-refractivity contribution in [2.45, 2.75) is 39.3 Å². The Hall–Kier alpha value is -2.04. The standard InChI is InChI=1S/C17H25N3O2/c1-13(2)11-18-16(21)15-9-6-10-20(15)17(22)19-12-14-7-4-3-5-8-14/h3-5,7-8,13,15H,6,9-12H2,1-2H3,(H,18,21)(H,19,22). The van der Waals surface area contributed by atoms with Crippen LogP contribution in [-0.2, 0) is 11.3 Å². The second-order valence-electron chi connectivity index (χ2n) is 6.13. The van der Waals surface area contributed by atoms with Crippen molar-refractivity contribution in [3.63, 3.8) is 0 Å². The Bertz CT molecular complexity index is 502. The number of nitrogens with zero attached hydrogens (tertiary/aromatic N) is 1. The van der Waals surface area contributed by atoms with E-state index in [2.05, 4.69) is 24.5 Å². The first-order chi connectivity index (χ1) is 10.6. The van der Waals surface area contributed by atoms with Crippen LogP contribution in [0.5, 0.6) is 0 Å². The topological polar surface area (TPSA) is 61.4 Å². The van der Waals surface area contributed by atoms with Crippen molar-refractivity contribution in [2.75, 3.05) is 13.1 Å². The lowest BCUT2D eigenvalue weighted by Crippen LogP contribution is -2.49. The summed E-state index contributed by atoms with van der Waals surface area (Å²) in [4.78, 5) is 26.2. The van der Waals surface area contributed by atoms with Gasteiger partial charge in [-0.1, -0.05) is 44.2 Å². The fourth-order valence-corrected chi connectivity index (χ4v) is 2.58. The van der Waals surface area contributed by atoms with Crippen molar-refractivity contribution in [2.24, 2.45) is 5.92 Å². The lowest BCUT2D eigenvalue weighted by Gasteiger charge is -2.24. The zero-order valence-corrected chi connectivity index (χ0v) is 13.3. The van der Waals surface area contributed by atoms with Gasteiger partial charge in [-0.3, -0.25) is 4.79 Å². The Morgan fingerprint density at radius 1 is 1.23 bits per heavy atom. The molecular weight excluding hydrogens is 278 g/mol. The van der Waals surface area contributed by atoms with E-state index in [4.69, 9.17) is 0 Å². The number of rotatable bonds is 5. The number of carbonyl (C=O) groups excluding carboxylic acids is 2. The Kier molecular flexibility index (Phi) is 5.81. The molecule has 5 heteroatoms. The minimum absolute atomic E-state index is 0.0407. The molecule has 1 unspecified atom stereocenters. The van der Waals surface area contributed by atoms with E-state index in [9.17, 15) is 9.59 Å². The van der Waals surface area contributed by atoms with Gasteiger partial charge in [0.15, 0.2) is 0 Å². The fraction of sp³-hybridized carbons (Fsp3) is 0.529. The van der Waals surface area contributed by atoms with Crippen LogP contribution in [0.2, 0.25) is 0 Å². The fourth-order valence-electron chi connectivity index (χ4n) is 2.58. The number of hydrogen-bond donors (Lipinski definition) is 2. The highest BCUT2D eigenvalue weighted by atomic mass is 16.2. The summed E-state index contributed by atoms with van der Waals surface area (Å²) in [6.45, 7) is 5.88. The predicted molar refractivity (Wildman–Crippen MR) is 86.3 cm³/mol. The number of likely N-dealkylation sites (tertiary alicyclic amines) is 1. The molecule has 5 nitrogen and oxygen atoms in total. The van der Waals surface area contributed by atoms with Crippen molar-refractivity contribution in [3.05, 3.63) is 35.9 Å². The van der Waals surface area contributed by atoms with Gasteiger partial charge >= 0.3 is 6.03 Å². The van der Waals surface area contributed by atoms with Crippen LogP contribution in [0, 0.1) is 5.92 Å². The van der Waals surface area contributed by atoms with Gasteiger partial charge < -0.3 is 15.5 Å². The summed E-state index contributed by atoms with van der Waals surface area (Å²) in [6.07, 6.45) is 1.61. The summed E-state index contributed by atoms with van der Waals surface area (Å²) in [5.74, 6) is 0.367. The summed E-state index contributed by atoms with van der Waals surface area (Å²) < 4.78 is 0. The van der Waals surface area contributed by atoms with Gasteiger partial charge in [0.1, 0.15) is 6.04 Å². The Morgan fingerprint density at radius 2 is 1.95 bits per heavy atom. The molecule has 0 spiro atoms. The highest BCUT2D eigenvalue weighted by Crippen LogP contribution is 2.17. The lowest BCUT2D eigenvalue weighted by atomic mass is 10.2. The van der Waals surface area contributed by atoms with Crippen molar-refractivity contribution in [3.8, 4) is 0 Å². The van der Waals surface area contributed by atoms with Gasteiger partial charge in [-0.15, -0.1) is 0 Å². The van der Waals surface area contributed by atoms with Gasteiger partial charge in [0, 0.05) is 19.6 Å². The zero-order chi connectivity index (χ0) is 15.9. The van der Waals surface area contributed by atoms with E-state index in [0.717, 1.165) is 18.4 Å². The molecule has 0 aliphatic carbocycles. The van der Waals surface area contributed by atoms with E-state index in [1.807, 2.05) is 30.3 Å². The van der Waals surface area contributed by atoms with E-state index in [0.29, 0.717) is 25.6 Å². The van der Waals surface area contributed by atoms with E-state index < -0.39 is 0 Å². The minimum Gasteiger partial charge on any atom is -0.354 e. The third-order valence-electron chi connectivity index (χ3n) is 3.79. The molecule has 1 aromatic rings. The van der Waals surface area contributed by atoms with E-state index in [1.54, 1.807) is 4.90 Å². The van der Waals surface area contributed by atoms with Gasteiger partial charge in [0.2, 0.25) is 5.91 Å². The largest absolute Gasteiger partial charge is 0.354 e. The summed E-state index contributed by atoms with van der Waals surface area (Å²) in [6, 6.07) is 9.27. The van der Waals surface area contributed by atoms with Crippen LogP contribution in [-0.4, -0.2) is 36.0 Å². The van der Waals surface area contributed by atoms with Crippen LogP contribution in [0.15, 0.2) is 30.3 Å². The second kappa shape index (κ2) is 7.82. The van der Waals surface area contributed by atoms with Crippen molar-refractivity contribution in [1.82, 2.24) is 15.5 Å². The highest BCUT2D eigenvalue weighted by molar-refractivity contribution is 5.87. The van der Waals surface area contributed by atoms with Crippen molar-refractivity contribution < 1.29 is 9.59 Å². The Morgan fingerprint density at radius 3 is 2.64 bits per heavy atom. The third-order valence-corrected chi connectivity index (χ3v) is 3.79. The first-order valence-electron chi connectivity index (χ1n) is 7.94. The Balaban J connectivity index is 1.86. The van der Waals surface area contributed by atoms with Crippen molar-refractivity contribution >= 4 is 11.9 Å². The first-order valence-corrected chi connectivity index (χ1v) is 7.94. The van der Waals surface area contributed by atoms with Crippen molar-refractivity contribution in [1.29, 1.82) is 0 Å². The molecular formula is C17H25N3O2. The van der Waals surface area contributed by atoms with Gasteiger partial charge in [-0.25, -0.2) is 4.79 Å². The second-order valence-corrected chi connectivity index (χ2v) is 6.13. The maximum absolute atomic E-state index is 12.3. The minimum atomic E-state index is -0.338. The molecule has 1 aliphatic rings. The molecule has 120 valence electrons. The summed E-state index contributed by atoms with van der Waals surface area (Å²) in [7, 11) is 0. The quantitative estimate of drug-likeness (QED) is 0.875. The van der Waals surface area contributed by atoms with Crippen LogP contribution in [0.3, 0.4) is 0 Å². The molecule has 1 atom stereocenters. The molecule has 0 bridgehead atoms. The predicted octanol–water partition coefficient (Wildman–Crippen LogP) is 2.13. The summed E-state index contributed by atoms with van der Waals surface area (Å²) in [5, 5.41) is 5.82. The number of urea groups is 1. The number of carbonyl (C=O) groups is 2. The normalized spacial score (nSPS) is 17.6. The number of amides is 3. The maximum atomic E-state index is 12.3. The maximum Gasteiger partial charge on any atom is 0.318 e. The summed E-state index contributed by atoms with van der Waals surface area (Å²) in [5.41, 5.74) is 1.05. The molecule has 1 fully saturated rings. The molecule has 0 radical (unpaired) electrons. The van der Waals surface area contributed by atoms with Crippen LogP contribution >= 0.6 is 0 Å². The average molecular weight is 303 g/mol. The number of benzene rings is 1. The molecule has 2 N–H and O–H groups in total. The molecule has 2 rings (SSSR count). The molecule has 3 amide bonds. The lowest BCUT2D eigenvalue weighted by molar-refractivity contribution is -0.124. The molecule has 1 aliphatic heterocycles. The average Bonchev–Trinajstić information content (AvgIpc) is 3.01. The molecule has 1 heterocycles. The summed E-state index contributed by atoms with van der Waals surface area (Å²) >= 11 is 0. The monoisotopic (exact) mass is 303 g/mol. The highest BCUT2D eigenvalue weighted by Gasteiger charge is 2.33. The van der Waals surface area contributed by atoms with Crippen LogP contribution in [0.25, 0.3) is 0 Å². The molecule has 0 saturated carbocycles. The number of hydrogen-bond acceptors (Lipinski definition) is 2. The van der Waals surface area contributed by atoms with Gasteiger partial charge in [0.05, 0.1) is 0 Å². The van der Waals surface area contributed by atoms with Crippen LogP contribution in [0.4, 0.5) is 4.79 Å². The van der Waals surface area contributed by atoms with E-state index in [1.165, 1.54) is 0 Å². The smallest absolute Gasteiger partial charge is 0.318 e. The van der Waals surface area contributed by atoms with Gasteiger partial charge in [0.25, 0.3) is 0 Å². The molecule has 1 saturated heterocycles. The first kappa shape index (κ1) is 16.3. The van der Waals surface area contributed by atoms with Gasteiger partial charge in [-0.2, -0.15) is 0 Å². The Labute approximate surface area is 132 Å². The zero-order valence-electron chi connectivity index (χ0n) is 13.3. The third kappa shape index (κ3) is 4.48.